The summed E-state index contributed by atoms with van der Waals surface area (Å²) in [6.45, 7) is 3.08. The molecule has 8 nitrogen and oxygen atoms in total. The number of phenols is 2. The van der Waals surface area contributed by atoms with Crippen molar-refractivity contribution in [2.45, 2.75) is 50.5 Å². The number of hydrogen-bond donors (Lipinski definition) is 5. The number of amides is 1. The topological polar surface area (TPSA) is 150 Å². The predicted molar refractivity (Wildman–Crippen MR) is 114 cm³/mol. The number of phenolic OH excluding ortho intramolecular Hbond substituents is 2. The number of benzene rings is 2. The van der Waals surface area contributed by atoms with Crippen molar-refractivity contribution in [3.63, 3.8) is 0 Å². The molecule has 0 bridgehead atoms. The molecule has 2 rings (SSSR count). The number of sulfonamides is 1. The van der Waals surface area contributed by atoms with Gasteiger partial charge < -0.3 is 21.1 Å². The molecule has 0 saturated carbocycles. The summed E-state index contributed by atoms with van der Waals surface area (Å²) in [4.78, 5) is 11.5. The smallest absolute Gasteiger partial charge is 0.268 e. The Balaban J connectivity index is 2.67. The summed E-state index contributed by atoms with van der Waals surface area (Å²) in [5, 5.41) is 30.5. The Labute approximate surface area is 176 Å². The van der Waals surface area contributed by atoms with E-state index in [4.69, 9.17) is 10.8 Å². The summed E-state index contributed by atoms with van der Waals surface area (Å²) >= 11 is 0. The van der Waals surface area contributed by atoms with E-state index in [2.05, 4.69) is 0 Å². The molecular weight excluding hydrogens is 408 g/mol. The van der Waals surface area contributed by atoms with Gasteiger partial charge in [0.1, 0.15) is 22.4 Å². The van der Waals surface area contributed by atoms with E-state index in [1.165, 1.54) is 6.07 Å². The van der Waals surface area contributed by atoms with Crippen LogP contribution in [0.1, 0.15) is 37.3 Å². The second-order valence-corrected chi connectivity index (χ2v) is 8.81. The lowest BCUT2D eigenvalue weighted by Gasteiger charge is -2.18. The molecule has 1 unspecified atom stereocenters. The molecule has 164 valence electrons. The van der Waals surface area contributed by atoms with Crippen LogP contribution in [0.4, 0.5) is 0 Å². The number of carbonyl (C=O) groups excluding carboxylic acids is 1. The maximum Gasteiger partial charge on any atom is 0.268 e. The van der Waals surface area contributed by atoms with Crippen LogP contribution in [0.25, 0.3) is 11.1 Å². The summed E-state index contributed by atoms with van der Waals surface area (Å²) in [6, 6.07) is 6.74. The quantitative estimate of drug-likeness (QED) is 0.377. The van der Waals surface area contributed by atoms with Gasteiger partial charge in [-0.15, -0.1) is 0 Å². The fourth-order valence-corrected chi connectivity index (χ4v) is 4.55. The van der Waals surface area contributed by atoms with Crippen molar-refractivity contribution in [1.82, 2.24) is 4.72 Å². The molecule has 0 radical (unpaired) electrons. The first-order valence-electron chi connectivity index (χ1n) is 9.70. The molecule has 0 saturated heterocycles. The van der Waals surface area contributed by atoms with Gasteiger partial charge in [0.2, 0.25) is 0 Å². The zero-order chi connectivity index (χ0) is 22.5. The molecule has 0 fully saturated rings. The van der Waals surface area contributed by atoms with Gasteiger partial charge in [-0.3, -0.25) is 4.79 Å². The van der Waals surface area contributed by atoms with Crippen LogP contribution in [0.5, 0.6) is 11.5 Å². The van der Waals surface area contributed by atoms with E-state index < -0.39 is 39.2 Å². The highest BCUT2D eigenvalue weighted by molar-refractivity contribution is 7.90. The fourth-order valence-electron chi connectivity index (χ4n) is 3.17. The van der Waals surface area contributed by atoms with Gasteiger partial charge in [-0.25, -0.2) is 13.1 Å². The van der Waals surface area contributed by atoms with Gasteiger partial charge >= 0.3 is 0 Å². The molecule has 6 N–H and O–H groups in total. The average molecular weight is 437 g/mol. The highest BCUT2D eigenvalue weighted by Crippen LogP contribution is 2.44. The van der Waals surface area contributed by atoms with Crippen molar-refractivity contribution in [2.24, 2.45) is 5.73 Å². The van der Waals surface area contributed by atoms with E-state index in [0.717, 1.165) is 18.4 Å². The van der Waals surface area contributed by atoms with Crippen molar-refractivity contribution in [1.29, 1.82) is 0 Å². The minimum absolute atomic E-state index is 0.0442. The first kappa shape index (κ1) is 23.7. The number of aliphatic hydroxyl groups is 1. The maximum atomic E-state index is 13.0. The van der Waals surface area contributed by atoms with Crippen molar-refractivity contribution in [3.8, 4) is 22.6 Å². The third kappa shape index (κ3) is 5.29. The number of unbranched alkanes of at least 4 members (excludes halogenated alkanes) is 2. The van der Waals surface area contributed by atoms with E-state index in [1.54, 1.807) is 18.2 Å². The first-order valence-corrected chi connectivity index (χ1v) is 11.2. The molecule has 1 atom stereocenters. The van der Waals surface area contributed by atoms with Gasteiger partial charge in [0.25, 0.3) is 15.9 Å². The molecule has 0 aliphatic carbocycles. The van der Waals surface area contributed by atoms with Gasteiger partial charge in [-0.1, -0.05) is 49.6 Å². The van der Waals surface area contributed by atoms with E-state index in [0.29, 0.717) is 12.0 Å². The highest BCUT2D eigenvalue weighted by atomic mass is 32.2. The van der Waals surface area contributed by atoms with Crippen LogP contribution in [0.3, 0.4) is 0 Å². The van der Waals surface area contributed by atoms with Crippen molar-refractivity contribution < 1.29 is 28.5 Å². The Morgan fingerprint density at radius 3 is 2.50 bits per heavy atom. The minimum atomic E-state index is -4.52. The van der Waals surface area contributed by atoms with Crippen molar-refractivity contribution in [2.75, 3.05) is 6.61 Å². The summed E-state index contributed by atoms with van der Waals surface area (Å²) < 4.78 is 27.8. The second-order valence-electron chi connectivity index (χ2n) is 7.19. The number of rotatable bonds is 9. The second kappa shape index (κ2) is 9.92. The lowest BCUT2D eigenvalue weighted by Crippen LogP contribution is -2.45. The van der Waals surface area contributed by atoms with E-state index in [1.807, 2.05) is 24.6 Å². The van der Waals surface area contributed by atoms with E-state index in [-0.39, 0.29) is 23.3 Å². The SMILES string of the molecule is CCCCCc1cc(O)c(-c2cccc(C)c2)c(O)c1S(=O)(=O)NC(=O)C(N)CO. The number of aryl methyl sites for hydroxylation is 2. The minimum Gasteiger partial charge on any atom is -0.507 e. The van der Waals surface area contributed by atoms with Crippen molar-refractivity contribution in [3.05, 3.63) is 41.5 Å². The van der Waals surface area contributed by atoms with Gasteiger partial charge in [-0.05, 0) is 37.0 Å². The number of nitrogens with two attached hydrogens (primary N) is 1. The van der Waals surface area contributed by atoms with Crippen LogP contribution in [0.15, 0.2) is 35.2 Å². The van der Waals surface area contributed by atoms with Gasteiger partial charge in [0.15, 0.2) is 0 Å². The normalized spacial score (nSPS) is 12.5. The van der Waals surface area contributed by atoms with Gasteiger partial charge in [0, 0.05) is 0 Å². The molecule has 0 aliphatic rings. The molecule has 0 heterocycles. The van der Waals surface area contributed by atoms with Crippen LogP contribution in [-0.4, -0.2) is 42.3 Å². The van der Waals surface area contributed by atoms with Crippen molar-refractivity contribution >= 4 is 15.9 Å². The molecule has 30 heavy (non-hydrogen) atoms. The molecule has 0 aliphatic heterocycles. The first-order chi connectivity index (χ1) is 14.1. The van der Waals surface area contributed by atoms with E-state index in [9.17, 15) is 23.4 Å². The number of hydrogen-bond acceptors (Lipinski definition) is 7. The Kier molecular flexibility index (Phi) is 7.83. The predicted octanol–water partition coefficient (Wildman–Crippen LogP) is 1.93. The number of aliphatic hydroxyl groups excluding tert-OH is 1. The zero-order valence-electron chi connectivity index (χ0n) is 17.1. The third-order valence-corrected chi connectivity index (χ3v) is 6.17. The molecule has 2 aromatic carbocycles. The monoisotopic (exact) mass is 436 g/mol. The number of carbonyl (C=O) groups is 1. The fraction of sp³-hybridized carbons (Fsp3) is 0.381. The van der Waals surface area contributed by atoms with Crippen LogP contribution in [0.2, 0.25) is 0 Å². The summed E-state index contributed by atoms with van der Waals surface area (Å²) in [7, 11) is -4.52. The van der Waals surface area contributed by atoms with Crippen LogP contribution in [0, 0.1) is 6.92 Å². The van der Waals surface area contributed by atoms with Crippen LogP contribution >= 0.6 is 0 Å². The Bertz CT molecular complexity index is 1020. The van der Waals surface area contributed by atoms with Crippen LogP contribution < -0.4 is 10.5 Å². The number of aromatic hydroxyl groups is 2. The highest BCUT2D eigenvalue weighted by Gasteiger charge is 2.30. The zero-order valence-corrected chi connectivity index (χ0v) is 17.9. The van der Waals surface area contributed by atoms with E-state index >= 15 is 0 Å². The standard InChI is InChI=1S/C21H28N2O6S/c1-3-4-5-8-15-11-17(25)18(14-9-6-7-13(2)10-14)19(26)20(15)30(28,29)23-21(27)16(22)12-24/h6-7,9-11,16,24-26H,3-5,8,12,22H2,1-2H3,(H,23,27). The van der Waals surface area contributed by atoms with Gasteiger partial charge in [-0.2, -0.15) is 0 Å². The molecular formula is C21H28N2O6S. The Morgan fingerprint density at radius 1 is 1.20 bits per heavy atom. The molecule has 2 aromatic rings. The summed E-state index contributed by atoms with van der Waals surface area (Å²) in [5.74, 6) is -2.01. The van der Waals surface area contributed by atoms with Gasteiger partial charge in [0.05, 0.1) is 12.2 Å². The Morgan fingerprint density at radius 2 is 1.90 bits per heavy atom. The molecule has 1 amide bonds. The molecule has 0 spiro atoms. The molecule has 9 heteroatoms. The summed E-state index contributed by atoms with van der Waals surface area (Å²) in [5.41, 5.74) is 6.83. The maximum absolute atomic E-state index is 13.0. The number of nitrogens with one attached hydrogen (secondary N) is 1. The molecule has 0 aromatic heterocycles. The lowest BCUT2D eigenvalue weighted by atomic mass is 9.97. The van der Waals surface area contributed by atoms with Crippen LogP contribution in [-0.2, 0) is 21.2 Å². The lowest BCUT2D eigenvalue weighted by molar-refractivity contribution is -0.121. The average Bonchev–Trinajstić information content (AvgIpc) is 2.66. The summed E-state index contributed by atoms with van der Waals surface area (Å²) in [6.07, 6.45) is 2.62. The Hall–Kier alpha value is -2.62. The third-order valence-electron chi connectivity index (χ3n) is 4.70. The largest absolute Gasteiger partial charge is 0.507 e.